The molecular formula is C20H17N3O7S2. The van der Waals surface area contributed by atoms with E-state index >= 15 is 0 Å². The second-order valence-corrected chi connectivity index (χ2v) is 8.94. The Bertz CT molecular complexity index is 1290. The van der Waals surface area contributed by atoms with Crippen LogP contribution in [0.1, 0.15) is 20.8 Å². The minimum absolute atomic E-state index is 0.190. The lowest BCUT2D eigenvalue weighted by Gasteiger charge is -2.09. The topological polar surface area (TPSA) is 137 Å². The summed E-state index contributed by atoms with van der Waals surface area (Å²) in [5.41, 5.74) is 0.481. The molecule has 0 amide bonds. The lowest BCUT2D eigenvalue weighted by atomic mass is 10.2. The van der Waals surface area contributed by atoms with E-state index in [1.807, 2.05) is 4.83 Å². The molecule has 2 aromatic carbocycles. The number of ether oxygens (including phenoxy) is 2. The van der Waals surface area contributed by atoms with Gasteiger partial charge < -0.3 is 9.47 Å². The van der Waals surface area contributed by atoms with Gasteiger partial charge in [-0.15, -0.1) is 11.3 Å². The highest BCUT2D eigenvalue weighted by Crippen LogP contribution is 2.29. The van der Waals surface area contributed by atoms with Crippen molar-refractivity contribution in [1.29, 1.82) is 0 Å². The van der Waals surface area contributed by atoms with Gasteiger partial charge in [-0.2, -0.15) is 13.5 Å². The zero-order valence-corrected chi connectivity index (χ0v) is 18.5. The van der Waals surface area contributed by atoms with Gasteiger partial charge >= 0.3 is 5.97 Å². The number of esters is 1. The van der Waals surface area contributed by atoms with Crippen molar-refractivity contribution < 1.29 is 27.6 Å². The number of nitro benzene ring substituents is 1. The first-order valence-corrected chi connectivity index (χ1v) is 11.3. The number of sulfonamides is 1. The summed E-state index contributed by atoms with van der Waals surface area (Å²) in [6.45, 7) is 1.51. The first-order valence-electron chi connectivity index (χ1n) is 8.95. The van der Waals surface area contributed by atoms with Crippen molar-refractivity contribution in [2.45, 2.75) is 11.8 Å². The monoisotopic (exact) mass is 475 g/mol. The molecule has 0 aliphatic carbocycles. The summed E-state index contributed by atoms with van der Waals surface area (Å²) in [7, 11) is -2.73. The van der Waals surface area contributed by atoms with Crippen LogP contribution in [0.2, 0.25) is 0 Å². The molecule has 0 fully saturated rings. The molecule has 3 rings (SSSR count). The van der Waals surface area contributed by atoms with Gasteiger partial charge in [0.2, 0.25) is 0 Å². The van der Waals surface area contributed by atoms with Crippen LogP contribution in [-0.2, 0) is 10.0 Å². The SMILES string of the molecule is COc1cc(/C=N/NS(=O)(=O)c2ccc(C)c([N+](=O)[O-])c2)ccc1OC(=O)c1cccs1. The summed E-state index contributed by atoms with van der Waals surface area (Å²) >= 11 is 1.24. The van der Waals surface area contributed by atoms with Crippen molar-refractivity contribution in [2.24, 2.45) is 5.10 Å². The van der Waals surface area contributed by atoms with Gasteiger partial charge in [0.25, 0.3) is 15.7 Å². The predicted molar refractivity (Wildman–Crippen MR) is 118 cm³/mol. The summed E-state index contributed by atoms with van der Waals surface area (Å²) in [5, 5.41) is 16.5. The van der Waals surface area contributed by atoms with Crippen LogP contribution >= 0.6 is 11.3 Å². The third-order valence-corrected chi connectivity index (χ3v) is 6.26. The van der Waals surface area contributed by atoms with E-state index in [0.717, 1.165) is 6.07 Å². The molecule has 0 atom stereocenters. The molecule has 0 aliphatic heterocycles. The van der Waals surface area contributed by atoms with Crippen LogP contribution in [-0.4, -0.2) is 32.6 Å². The number of methoxy groups -OCH3 is 1. The number of nitro groups is 1. The van der Waals surface area contributed by atoms with E-state index in [4.69, 9.17) is 9.47 Å². The Kier molecular flexibility index (Phi) is 6.85. The number of hydrogen-bond donors (Lipinski definition) is 1. The van der Waals surface area contributed by atoms with E-state index in [2.05, 4.69) is 5.10 Å². The van der Waals surface area contributed by atoms with Crippen molar-refractivity contribution in [3.05, 3.63) is 80.0 Å². The minimum atomic E-state index is -4.12. The van der Waals surface area contributed by atoms with Gasteiger partial charge in [-0.25, -0.2) is 9.63 Å². The number of thiophene rings is 1. The van der Waals surface area contributed by atoms with E-state index in [-0.39, 0.29) is 22.1 Å². The van der Waals surface area contributed by atoms with Crippen LogP contribution in [0.4, 0.5) is 5.69 Å². The highest BCUT2D eigenvalue weighted by molar-refractivity contribution is 7.89. The zero-order valence-electron chi connectivity index (χ0n) is 16.8. The average Bonchev–Trinajstić information content (AvgIpc) is 3.29. The molecule has 0 radical (unpaired) electrons. The number of nitrogens with one attached hydrogen (secondary N) is 1. The second-order valence-electron chi connectivity index (χ2n) is 6.34. The van der Waals surface area contributed by atoms with Gasteiger partial charge in [0.1, 0.15) is 4.88 Å². The maximum Gasteiger partial charge on any atom is 0.353 e. The molecule has 0 saturated heterocycles. The maximum absolute atomic E-state index is 12.4. The van der Waals surface area contributed by atoms with E-state index in [9.17, 15) is 23.3 Å². The third-order valence-electron chi connectivity index (χ3n) is 4.19. The van der Waals surface area contributed by atoms with Crippen molar-refractivity contribution in [3.63, 3.8) is 0 Å². The Morgan fingerprint density at radius 3 is 2.62 bits per heavy atom. The molecule has 1 N–H and O–H groups in total. The van der Waals surface area contributed by atoms with Crippen molar-refractivity contribution in [1.82, 2.24) is 4.83 Å². The van der Waals surface area contributed by atoms with Crippen LogP contribution in [0.3, 0.4) is 0 Å². The molecule has 0 bridgehead atoms. The average molecular weight is 476 g/mol. The summed E-state index contributed by atoms with van der Waals surface area (Å²) in [4.78, 5) is 24.7. The highest BCUT2D eigenvalue weighted by Gasteiger charge is 2.19. The van der Waals surface area contributed by atoms with Gasteiger partial charge in [0.05, 0.1) is 23.1 Å². The first kappa shape index (κ1) is 22.9. The number of carbonyl (C=O) groups excluding carboxylic acids is 1. The number of aryl methyl sites for hydroxylation is 1. The molecule has 3 aromatic rings. The molecule has 166 valence electrons. The second kappa shape index (κ2) is 9.58. The largest absolute Gasteiger partial charge is 0.493 e. The molecule has 32 heavy (non-hydrogen) atoms. The molecule has 0 spiro atoms. The Morgan fingerprint density at radius 1 is 1.19 bits per heavy atom. The Morgan fingerprint density at radius 2 is 1.97 bits per heavy atom. The van der Waals surface area contributed by atoms with Crippen molar-refractivity contribution >= 4 is 39.2 Å². The predicted octanol–water partition coefficient (Wildman–Crippen LogP) is 3.50. The van der Waals surface area contributed by atoms with Crippen LogP contribution < -0.4 is 14.3 Å². The number of carbonyl (C=O) groups is 1. The van der Waals surface area contributed by atoms with Gasteiger partial charge in [0.15, 0.2) is 11.5 Å². The minimum Gasteiger partial charge on any atom is -0.493 e. The van der Waals surface area contributed by atoms with E-state index in [1.165, 1.54) is 55.9 Å². The highest BCUT2D eigenvalue weighted by atomic mass is 32.2. The zero-order chi connectivity index (χ0) is 23.3. The summed E-state index contributed by atoms with van der Waals surface area (Å²) < 4.78 is 35.3. The molecule has 0 unspecified atom stereocenters. The number of nitrogens with zero attached hydrogens (tertiary/aromatic N) is 2. The fraction of sp³-hybridized carbons (Fsp3) is 0.100. The Labute approximate surface area is 187 Å². The first-order chi connectivity index (χ1) is 15.2. The molecule has 0 saturated carbocycles. The summed E-state index contributed by atoms with van der Waals surface area (Å²) in [6, 6.07) is 11.5. The van der Waals surface area contributed by atoms with E-state index in [1.54, 1.807) is 23.6 Å². The quantitative estimate of drug-likeness (QED) is 0.173. The molecule has 1 aromatic heterocycles. The van der Waals surface area contributed by atoms with Crippen LogP contribution in [0.25, 0.3) is 0 Å². The maximum atomic E-state index is 12.4. The summed E-state index contributed by atoms with van der Waals surface area (Å²) in [5.74, 6) is -0.0915. The number of hydrogen-bond acceptors (Lipinski definition) is 9. The van der Waals surface area contributed by atoms with Crippen molar-refractivity contribution in [3.8, 4) is 11.5 Å². The van der Waals surface area contributed by atoms with Gasteiger partial charge in [-0.1, -0.05) is 12.1 Å². The van der Waals surface area contributed by atoms with Crippen molar-refractivity contribution in [2.75, 3.05) is 7.11 Å². The number of benzene rings is 2. The normalized spacial score (nSPS) is 11.3. The third kappa shape index (κ3) is 5.28. The fourth-order valence-electron chi connectivity index (χ4n) is 2.57. The van der Waals surface area contributed by atoms with Gasteiger partial charge in [0, 0.05) is 11.6 Å². The van der Waals surface area contributed by atoms with E-state index in [0.29, 0.717) is 16.0 Å². The Balaban J connectivity index is 1.74. The van der Waals surface area contributed by atoms with Crippen LogP contribution in [0.5, 0.6) is 11.5 Å². The smallest absolute Gasteiger partial charge is 0.353 e. The number of hydrazone groups is 1. The molecule has 10 nitrogen and oxygen atoms in total. The lowest BCUT2D eigenvalue weighted by molar-refractivity contribution is -0.385. The standard InChI is InChI=1S/C20H17N3O7S2/c1-13-5-7-15(11-16(13)23(25)26)32(27,28)22-21-12-14-6-8-17(18(10-14)29-2)30-20(24)19-4-3-9-31-19/h3-12,22H,1-2H3/b21-12+. The van der Waals surface area contributed by atoms with Gasteiger partial charge in [-0.05, 0) is 48.2 Å². The Hall–Kier alpha value is -3.77. The van der Waals surface area contributed by atoms with E-state index < -0.39 is 20.9 Å². The van der Waals surface area contributed by atoms with Crippen LogP contribution in [0, 0.1) is 17.0 Å². The molecular weight excluding hydrogens is 458 g/mol. The lowest BCUT2D eigenvalue weighted by Crippen LogP contribution is -2.18. The number of rotatable bonds is 8. The molecule has 1 heterocycles. The molecule has 0 aliphatic rings. The van der Waals surface area contributed by atoms with Gasteiger partial charge in [-0.3, -0.25) is 10.1 Å². The fourth-order valence-corrected chi connectivity index (χ4v) is 3.98. The van der Waals surface area contributed by atoms with Crippen LogP contribution in [0.15, 0.2) is 63.9 Å². The summed E-state index contributed by atoms with van der Waals surface area (Å²) in [6.07, 6.45) is 1.22. The molecule has 12 heteroatoms.